The lowest BCUT2D eigenvalue weighted by molar-refractivity contribution is 0.0977. The van der Waals surface area contributed by atoms with Crippen LogP contribution in [0.25, 0.3) is 0 Å². The lowest BCUT2D eigenvalue weighted by atomic mass is 10.2. The number of azo groups is 1. The van der Waals surface area contributed by atoms with Gasteiger partial charge in [-0.1, -0.05) is 30.3 Å². The van der Waals surface area contributed by atoms with Crippen LogP contribution in [0.15, 0.2) is 89.1 Å². The van der Waals surface area contributed by atoms with Crippen molar-refractivity contribution in [2.45, 2.75) is 0 Å². The van der Waals surface area contributed by atoms with Crippen LogP contribution in [0.5, 0.6) is 0 Å². The lowest BCUT2D eigenvalue weighted by Crippen LogP contribution is -2.34. The number of rotatable bonds is 4. The molecule has 3 aromatic rings. The molecule has 3 rings (SSSR count). The summed E-state index contributed by atoms with van der Waals surface area (Å²) in [7, 11) is 0. The molecule has 0 fully saturated rings. The van der Waals surface area contributed by atoms with Gasteiger partial charge in [0, 0.05) is 9.26 Å². The Balaban J connectivity index is 1.58. The van der Waals surface area contributed by atoms with Crippen LogP contribution in [0.2, 0.25) is 0 Å². The molecule has 0 aliphatic heterocycles. The second kappa shape index (κ2) is 9.33. The maximum absolute atomic E-state index is 12.3. The van der Waals surface area contributed by atoms with Crippen LogP contribution in [0, 0.1) is 3.57 Å². The summed E-state index contributed by atoms with van der Waals surface area (Å²) in [5.41, 5.74) is 2.85. The van der Waals surface area contributed by atoms with Gasteiger partial charge in [-0.2, -0.15) is 10.2 Å². The van der Waals surface area contributed by atoms with E-state index in [1.54, 1.807) is 6.07 Å². The van der Waals surface area contributed by atoms with E-state index in [2.05, 4.69) is 43.5 Å². The Labute approximate surface area is 176 Å². The van der Waals surface area contributed by atoms with Crippen LogP contribution in [-0.4, -0.2) is 11.0 Å². The van der Waals surface area contributed by atoms with Crippen molar-refractivity contribution in [3.63, 3.8) is 0 Å². The van der Waals surface area contributed by atoms with Gasteiger partial charge in [-0.15, -0.1) is 0 Å². The number of nitrogens with one attached hydrogen (secondary N) is 2. The SMILES string of the molecule is O=C(NC(=S)Nc1ccc(N=Nc2ccccc2)cc1)c1ccccc1I. The minimum absolute atomic E-state index is 0.235. The summed E-state index contributed by atoms with van der Waals surface area (Å²) < 4.78 is 0.864. The number of thiocarbonyl (C=S) groups is 1. The molecule has 0 unspecified atom stereocenters. The molecule has 27 heavy (non-hydrogen) atoms. The molecule has 0 aliphatic rings. The first kappa shape index (κ1) is 19.1. The van der Waals surface area contributed by atoms with Crippen molar-refractivity contribution in [2.24, 2.45) is 10.2 Å². The summed E-state index contributed by atoms with van der Waals surface area (Å²) in [5.74, 6) is -0.245. The zero-order valence-electron chi connectivity index (χ0n) is 14.1. The van der Waals surface area contributed by atoms with Crippen LogP contribution in [-0.2, 0) is 0 Å². The molecule has 2 N–H and O–H groups in total. The third-order valence-electron chi connectivity index (χ3n) is 3.51. The quantitative estimate of drug-likeness (QED) is 0.277. The third kappa shape index (κ3) is 5.66. The number of nitrogens with zero attached hydrogens (tertiary/aromatic N) is 2. The number of hydrogen-bond acceptors (Lipinski definition) is 4. The van der Waals surface area contributed by atoms with Crippen molar-refractivity contribution in [1.29, 1.82) is 0 Å². The van der Waals surface area contributed by atoms with Gasteiger partial charge in [0.05, 0.1) is 16.9 Å². The first-order valence-corrected chi connectivity index (χ1v) is 9.54. The van der Waals surface area contributed by atoms with Gasteiger partial charge in [-0.3, -0.25) is 10.1 Å². The molecule has 0 radical (unpaired) electrons. The molecular formula is C20H15IN4OS. The van der Waals surface area contributed by atoms with Crippen LogP contribution >= 0.6 is 34.8 Å². The summed E-state index contributed by atoms with van der Waals surface area (Å²) in [5, 5.41) is 14.3. The highest BCUT2D eigenvalue weighted by Crippen LogP contribution is 2.20. The summed E-state index contributed by atoms with van der Waals surface area (Å²) in [4.78, 5) is 12.3. The Morgan fingerprint density at radius 2 is 1.41 bits per heavy atom. The molecule has 0 aromatic heterocycles. The standard InChI is InChI=1S/C20H15IN4OS/c21-18-9-5-4-8-17(18)19(26)23-20(27)22-14-10-12-16(13-11-14)25-24-15-6-2-1-3-7-15/h1-13H,(H2,22,23,26,27). The second-order valence-electron chi connectivity index (χ2n) is 5.47. The Morgan fingerprint density at radius 3 is 2.07 bits per heavy atom. The molecule has 0 atom stereocenters. The fourth-order valence-corrected chi connectivity index (χ4v) is 3.04. The van der Waals surface area contributed by atoms with E-state index in [9.17, 15) is 4.79 Å². The van der Waals surface area contributed by atoms with E-state index in [4.69, 9.17) is 12.2 Å². The lowest BCUT2D eigenvalue weighted by Gasteiger charge is -2.10. The van der Waals surface area contributed by atoms with Gasteiger partial charge in [0.25, 0.3) is 5.91 Å². The predicted molar refractivity (Wildman–Crippen MR) is 120 cm³/mol. The molecule has 0 saturated heterocycles. The molecule has 134 valence electrons. The van der Waals surface area contributed by atoms with Crippen molar-refractivity contribution in [2.75, 3.05) is 5.32 Å². The van der Waals surface area contributed by atoms with Gasteiger partial charge in [0.1, 0.15) is 0 Å². The van der Waals surface area contributed by atoms with E-state index >= 15 is 0 Å². The molecule has 3 aromatic carbocycles. The van der Waals surface area contributed by atoms with E-state index in [1.807, 2.05) is 72.8 Å². The fourth-order valence-electron chi connectivity index (χ4n) is 2.20. The maximum Gasteiger partial charge on any atom is 0.258 e. The van der Waals surface area contributed by atoms with Crippen LogP contribution in [0.4, 0.5) is 17.1 Å². The number of hydrogen-bond donors (Lipinski definition) is 2. The zero-order chi connectivity index (χ0) is 19.1. The van der Waals surface area contributed by atoms with Gasteiger partial charge in [0.2, 0.25) is 0 Å². The van der Waals surface area contributed by atoms with Crippen molar-refractivity contribution >= 4 is 62.9 Å². The minimum Gasteiger partial charge on any atom is -0.332 e. The number of anilines is 1. The number of benzene rings is 3. The summed E-state index contributed by atoms with van der Waals surface area (Å²) in [6, 6.07) is 24.1. The number of amides is 1. The van der Waals surface area contributed by atoms with Gasteiger partial charge in [0.15, 0.2) is 5.11 Å². The third-order valence-corrected chi connectivity index (χ3v) is 4.65. The Bertz CT molecular complexity index is 975. The topological polar surface area (TPSA) is 65.8 Å². The average Bonchev–Trinajstić information content (AvgIpc) is 2.68. The van der Waals surface area contributed by atoms with E-state index in [-0.39, 0.29) is 11.0 Å². The molecule has 7 heteroatoms. The van der Waals surface area contributed by atoms with Gasteiger partial charge in [-0.25, -0.2) is 0 Å². The van der Waals surface area contributed by atoms with E-state index in [1.165, 1.54) is 0 Å². The first-order valence-electron chi connectivity index (χ1n) is 8.05. The van der Waals surface area contributed by atoms with Crippen molar-refractivity contribution in [3.8, 4) is 0 Å². The molecule has 0 bridgehead atoms. The zero-order valence-corrected chi connectivity index (χ0v) is 17.1. The normalized spacial score (nSPS) is 10.6. The second-order valence-corrected chi connectivity index (χ2v) is 7.04. The summed E-state index contributed by atoms with van der Waals surface area (Å²) in [6.07, 6.45) is 0. The van der Waals surface area contributed by atoms with Crippen LogP contribution in [0.1, 0.15) is 10.4 Å². The molecule has 0 spiro atoms. The number of carbonyl (C=O) groups excluding carboxylic acids is 1. The molecule has 0 heterocycles. The van der Waals surface area contributed by atoms with E-state index in [0.29, 0.717) is 5.56 Å². The van der Waals surface area contributed by atoms with Crippen LogP contribution in [0.3, 0.4) is 0 Å². The highest BCUT2D eigenvalue weighted by Gasteiger charge is 2.10. The van der Waals surface area contributed by atoms with Crippen LogP contribution < -0.4 is 10.6 Å². The monoisotopic (exact) mass is 486 g/mol. The van der Waals surface area contributed by atoms with Crippen molar-refractivity contribution < 1.29 is 4.79 Å². The minimum atomic E-state index is -0.245. The van der Waals surface area contributed by atoms with Crippen molar-refractivity contribution in [1.82, 2.24) is 5.32 Å². The van der Waals surface area contributed by atoms with Crippen molar-refractivity contribution in [3.05, 3.63) is 88.0 Å². The maximum atomic E-state index is 12.3. The van der Waals surface area contributed by atoms with E-state index in [0.717, 1.165) is 20.6 Å². The summed E-state index contributed by atoms with van der Waals surface area (Å²) >= 11 is 7.33. The Hall–Kier alpha value is -2.65. The van der Waals surface area contributed by atoms with Gasteiger partial charge < -0.3 is 5.32 Å². The average molecular weight is 486 g/mol. The highest BCUT2D eigenvalue weighted by molar-refractivity contribution is 14.1. The van der Waals surface area contributed by atoms with Gasteiger partial charge >= 0.3 is 0 Å². The molecular weight excluding hydrogens is 471 g/mol. The van der Waals surface area contributed by atoms with Gasteiger partial charge in [-0.05, 0) is 83.3 Å². The molecule has 5 nitrogen and oxygen atoms in total. The molecule has 0 saturated carbocycles. The van der Waals surface area contributed by atoms with E-state index < -0.39 is 0 Å². The smallest absolute Gasteiger partial charge is 0.258 e. The summed E-state index contributed by atoms with van der Waals surface area (Å²) in [6.45, 7) is 0. The molecule has 1 amide bonds. The fraction of sp³-hybridized carbons (Fsp3) is 0. The number of halogens is 1. The Kier molecular flexibility index (Phi) is 6.61. The predicted octanol–water partition coefficient (Wildman–Crippen LogP) is 5.83. The Morgan fingerprint density at radius 1 is 0.815 bits per heavy atom. The number of carbonyl (C=O) groups is 1. The largest absolute Gasteiger partial charge is 0.332 e. The first-order chi connectivity index (χ1) is 13.1. The molecule has 0 aliphatic carbocycles. The highest BCUT2D eigenvalue weighted by atomic mass is 127.